The lowest BCUT2D eigenvalue weighted by Crippen LogP contribution is -2.14. The molecule has 0 bridgehead atoms. The summed E-state index contributed by atoms with van der Waals surface area (Å²) in [6, 6.07) is 11.5. The van der Waals surface area contributed by atoms with Crippen LogP contribution in [0.4, 0.5) is 5.69 Å². The van der Waals surface area contributed by atoms with Crippen LogP contribution in [0.3, 0.4) is 0 Å². The molecule has 3 nitrogen and oxygen atoms in total. The highest BCUT2D eigenvalue weighted by Gasteiger charge is 2.20. The monoisotopic (exact) mass is 407 g/mol. The highest BCUT2D eigenvalue weighted by molar-refractivity contribution is 9.09. The number of rotatable bonds is 4. The summed E-state index contributed by atoms with van der Waals surface area (Å²) >= 11 is 15.3. The van der Waals surface area contributed by atoms with Crippen LogP contribution in [0.25, 0.3) is 0 Å². The second-order valence-electron chi connectivity index (χ2n) is 4.38. The van der Waals surface area contributed by atoms with Crippen LogP contribution in [-0.4, -0.2) is 8.42 Å². The minimum Gasteiger partial charge on any atom is -0.279 e. The third kappa shape index (κ3) is 3.92. The topological polar surface area (TPSA) is 46.2 Å². The molecule has 0 heterocycles. The number of para-hydroxylation sites is 1. The molecule has 0 fully saturated rings. The van der Waals surface area contributed by atoms with Gasteiger partial charge in [-0.05, 0) is 36.8 Å². The summed E-state index contributed by atoms with van der Waals surface area (Å²) in [5.74, 6) is 0. The Morgan fingerprint density at radius 1 is 1.14 bits per heavy atom. The molecular weight excluding hydrogens is 397 g/mol. The van der Waals surface area contributed by atoms with Gasteiger partial charge in [0, 0.05) is 9.85 Å². The lowest BCUT2D eigenvalue weighted by molar-refractivity contribution is 0.601. The van der Waals surface area contributed by atoms with Crippen LogP contribution < -0.4 is 4.72 Å². The summed E-state index contributed by atoms with van der Waals surface area (Å²) < 4.78 is 27.5. The van der Waals surface area contributed by atoms with Crippen molar-refractivity contribution in [3.8, 4) is 0 Å². The number of nitrogens with one attached hydrogen (secondary N) is 1. The van der Waals surface area contributed by atoms with Gasteiger partial charge in [-0.15, -0.1) is 0 Å². The first-order valence-electron chi connectivity index (χ1n) is 6.02. The lowest BCUT2D eigenvalue weighted by atomic mass is 10.1. The molecule has 21 heavy (non-hydrogen) atoms. The predicted molar refractivity (Wildman–Crippen MR) is 91.1 cm³/mol. The fourth-order valence-electron chi connectivity index (χ4n) is 1.82. The van der Waals surface area contributed by atoms with E-state index >= 15 is 0 Å². The van der Waals surface area contributed by atoms with E-state index in [1.54, 1.807) is 12.1 Å². The Bertz CT molecular complexity index is 763. The fraction of sp³-hybridized carbons (Fsp3) is 0.143. The van der Waals surface area contributed by atoms with E-state index in [1.165, 1.54) is 18.2 Å². The van der Waals surface area contributed by atoms with Gasteiger partial charge < -0.3 is 0 Å². The van der Waals surface area contributed by atoms with Crippen molar-refractivity contribution in [1.29, 1.82) is 0 Å². The van der Waals surface area contributed by atoms with Crippen LogP contribution in [-0.2, 0) is 10.0 Å². The molecule has 0 spiro atoms. The number of benzene rings is 2. The third-order valence-corrected chi connectivity index (χ3v) is 5.39. The van der Waals surface area contributed by atoms with Gasteiger partial charge in [0.2, 0.25) is 0 Å². The Hall–Kier alpha value is -0.750. The zero-order chi connectivity index (χ0) is 15.6. The average Bonchev–Trinajstić information content (AvgIpc) is 2.41. The Morgan fingerprint density at radius 2 is 1.81 bits per heavy atom. The van der Waals surface area contributed by atoms with Crippen LogP contribution in [0, 0.1) is 0 Å². The Morgan fingerprint density at radius 3 is 2.48 bits per heavy atom. The zero-order valence-corrected chi connectivity index (χ0v) is 14.9. The molecule has 1 atom stereocenters. The average molecular weight is 409 g/mol. The van der Waals surface area contributed by atoms with Gasteiger partial charge in [-0.2, -0.15) is 0 Å². The van der Waals surface area contributed by atoms with Crippen molar-refractivity contribution < 1.29 is 8.42 Å². The highest BCUT2D eigenvalue weighted by Crippen LogP contribution is 2.32. The molecule has 1 N–H and O–H groups in total. The summed E-state index contributed by atoms with van der Waals surface area (Å²) in [5, 5.41) is 0.429. The molecule has 0 aliphatic heterocycles. The van der Waals surface area contributed by atoms with Crippen molar-refractivity contribution in [2.75, 3.05) is 4.72 Å². The second-order valence-corrected chi connectivity index (χ2v) is 8.25. The minimum absolute atomic E-state index is 0.00577. The van der Waals surface area contributed by atoms with Gasteiger partial charge in [0.25, 0.3) is 10.0 Å². The van der Waals surface area contributed by atoms with Gasteiger partial charge in [-0.3, -0.25) is 4.72 Å². The Kier molecular flexibility index (Phi) is 5.20. The normalized spacial score (nSPS) is 13.0. The molecule has 0 aliphatic carbocycles. The maximum atomic E-state index is 12.5. The predicted octanol–water partition coefficient (Wildman–Crippen LogP) is 5.25. The van der Waals surface area contributed by atoms with Crippen LogP contribution in [0.15, 0.2) is 47.4 Å². The smallest absolute Gasteiger partial charge is 0.263 e. The van der Waals surface area contributed by atoms with Crippen LogP contribution in [0.1, 0.15) is 17.3 Å². The molecule has 112 valence electrons. The molecule has 0 saturated heterocycles. The number of sulfonamides is 1. The molecule has 0 radical (unpaired) electrons. The largest absolute Gasteiger partial charge is 0.279 e. The summed E-state index contributed by atoms with van der Waals surface area (Å²) in [6.07, 6.45) is 0. The molecule has 0 aliphatic rings. The van der Waals surface area contributed by atoms with Gasteiger partial charge in [0.15, 0.2) is 0 Å². The van der Waals surface area contributed by atoms with Gasteiger partial charge in [0.05, 0.1) is 10.7 Å². The molecule has 2 aromatic carbocycles. The highest BCUT2D eigenvalue weighted by atomic mass is 79.9. The first-order chi connectivity index (χ1) is 9.81. The van der Waals surface area contributed by atoms with Gasteiger partial charge in [-0.25, -0.2) is 8.42 Å². The number of alkyl halides is 1. The number of hydrogen-bond donors (Lipinski definition) is 1. The molecule has 0 aromatic heterocycles. The van der Waals surface area contributed by atoms with E-state index in [4.69, 9.17) is 23.2 Å². The maximum Gasteiger partial charge on any atom is 0.263 e. The molecule has 0 saturated carbocycles. The molecule has 2 rings (SSSR count). The van der Waals surface area contributed by atoms with E-state index in [0.29, 0.717) is 10.7 Å². The van der Waals surface area contributed by atoms with Crippen LogP contribution >= 0.6 is 39.1 Å². The van der Waals surface area contributed by atoms with Crippen molar-refractivity contribution >= 4 is 54.8 Å². The van der Waals surface area contributed by atoms with E-state index < -0.39 is 10.0 Å². The summed E-state index contributed by atoms with van der Waals surface area (Å²) in [6.45, 7) is 1.92. The van der Waals surface area contributed by atoms with Crippen molar-refractivity contribution in [2.24, 2.45) is 0 Å². The Balaban J connectivity index is 2.45. The van der Waals surface area contributed by atoms with Crippen LogP contribution in [0.2, 0.25) is 10.0 Å². The van der Waals surface area contributed by atoms with E-state index in [2.05, 4.69) is 20.7 Å². The van der Waals surface area contributed by atoms with Crippen molar-refractivity contribution in [3.63, 3.8) is 0 Å². The van der Waals surface area contributed by atoms with E-state index in [-0.39, 0.29) is 14.7 Å². The number of hydrogen-bond acceptors (Lipinski definition) is 2. The van der Waals surface area contributed by atoms with Crippen molar-refractivity contribution in [2.45, 2.75) is 16.6 Å². The van der Waals surface area contributed by atoms with Gasteiger partial charge in [-0.1, -0.05) is 57.3 Å². The molecule has 2 aromatic rings. The SMILES string of the molecule is CC(Br)c1ccccc1NS(=O)(=O)c1cc(Cl)ccc1Cl. The van der Waals surface area contributed by atoms with Crippen molar-refractivity contribution in [3.05, 3.63) is 58.1 Å². The van der Waals surface area contributed by atoms with Crippen molar-refractivity contribution in [1.82, 2.24) is 0 Å². The van der Waals surface area contributed by atoms with Gasteiger partial charge in [0.1, 0.15) is 4.90 Å². The van der Waals surface area contributed by atoms with Crippen LogP contribution in [0.5, 0.6) is 0 Å². The van der Waals surface area contributed by atoms with E-state index in [1.807, 2.05) is 19.1 Å². The Labute approximate surface area is 142 Å². The molecule has 1 unspecified atom stereocenters. The fourth-order valence-corrected chi connectivity index (χ4v) is 4.07. The zero-order valence-electron chi connectivity index (χ0n) is 11.0. The maximum absolute atomic E-state index is 12.5. The molecule has 0 amide bonds. The minimum atomic E-state index is -3.81. The number of halogens is 3. The molecule has 7 heteroatoms. The molecular formula is C14H12BrCl2NO2S. The standard InChI is InChI=1S/C14H12BrCl2NO2S/c1-9(15)11-4-2-3-5-13(11)18-21(19,20)14-8-10(16)6-7-12(14)17/h2-9,18H,1H3. The first kappa shape index (κ1) is 16.6. The third-order valence-electron chi connectivity index (χ3n) is 2.82. The van der Waals surface area contributed by atoms with E-state index in [9.17, 15) is 8.42 Å². The summed E-state index contributed by atoms with van der Waals surface area (Å²) in [5.41, 5.74) is 1.33. The van der Waals surface area contributed by atoms with Gasteiger partial charge >= 0.3 is 0 Å². The second kappa shape index (κ2) is 6.57. The van der Waals surface area contributed by atoms with E-state index in [0.717, 1.165) is 5.56 Å². The summed E-state index contributed by atoms with van der Waals surface area (Å²) in [4.78, 5) is -0.0417. The summed E-state index contributed by atoms with van der Waals surface area (Å²) in [7, 11) is -3.81. The first-order valence-corrected chi connectivity index (χ1v) is 9.17. The lowest BCUT2D eigenvalue weighted by Gasteiger charge is -2.14. The number of anilines is 1. The quantitative estimate of drug-likeness (QED) is 0.702.